The SMILES string of the molecule is CCCCOCCn1c(C)nc(C(=O)OC)c1N. The molecule has 1 rings (SSSR count). The number of aryl methyl sites for hydroxylation is 1. The first kappa shape index (κ1) is 14.5. The number of esters is 1. The number of hydrogen-bond donors (Lipinski definition) is 1. The van der Waals surface area contributed by atoms with Crippen LogP contribution in [0, 0.1) is 6.92 Å². The zero-order valence-electron chi connectivity index (χ0n) is 11.2. The Bertz CT molecular complexity index is 402. The highest BCUT2D eigenvalue weighted by atomic mass is 16.5. The molecular weight excluding hydrogens is 234 g/mol. The molecule has 0 fully saturated rings. The summed E-state index contributed by atoms with van der Waals surface area (Å²) in [5.74, 6) is 0.506. The van der Waals surface area contributed by atoms with Crippen molar-refractivity contribution in [3.05, 3.63) is 11.5 Å². The Morgan fingerprint density at radius 1 is 1.44 bits per heavy atom. The van der Waals surface area contributed by atoms with Crippen LogP contribution < -0.4 is 5.73 Å². The highest BCUT2D eigenvalue weighted by Crippen LogP contribution is 2.14. The summed E-state index contributed by atoms with van der Waals surface area (Å²) in [6.45, 7) is 5.81. The number of methoxy groups -OCH3 is 1. The Hall–Kier alpha value is -1.56. The number of unbranched alkanes of at least 4 members (excludes halogenated alkanes) is 1. The lowest BCUT2D eigenvalue weighted by Crippen LogP contribution is -2.12. The van der Waals surface area contributed by atoms with Gasteiger partial charge in [-0.3, -0.25) is 0 Å². The van der Waals surface area contributed by atoms with Crippen molar-refractivity contribution in [1.82, 2.24) is 9.55 Å². The number of nitrogens with two attached hydrogens (primary N) is 1. The van der Waals surface area contributed by atoms with Crippen LogP contribution in [-0.4, -0.2) is 35.8 Å². The molecular formula is C12H21N3O3. The fourth-order valence-electron chi connectivity index (χ4n) is 1.62. The predicted molar refractivity (Wildman–Crippen MR) is 68.4 cm³/mol. The van der Waals surface area contributed by atoms with Gasteiger partial charge in [-0.2, -0.15) is 0 Å². The maximum absolute atomic E-state index is 11.4. The third-order valence-corrected chi connectivity index (χ3v) is 2.68. The van der Waals surface area contributed by atoms with Gasteiger partial charge in [-0.25, -0.2) is 9.78 Å². The molecule has 0 aliphatic heterocycles. The van der Waals surface area contributed by atoms with Gasteiger partial charge in [0.2, 0.25) is 0 Å². The minimum atomic E-state index is -0.513. The molecule has 0 spiro atoms. The van der Waals surface area contributed by atoms with Gasteiger partial charge in [0.25, 0.3) is 0 Å². The number of anilines is 1. The lowest BCUT2D eigenvalue weighted by molar-refractivity contribution is 0.0595. The van der Waals surface area contributed by atoms with Crippen LogP contribution in [0.5, 0.6) is 0 Å². The summed E-state index contributed by atoms with van der Waals surface area (Å²) in [6, 6.07) is 0. The van der Waals surface area contributed by atoms with Gasteiger partial charge >= 0.3 is 5.97 Å². The summed E-state index contributed by atoms with van der Waals surface area (Å²) in [5.41, 5.74) is 6.04. The molecule has 0 amide bonds. The van der Waals surface area contributed by atoms with E-state index in [4.69, 9.17) is 10.5 Å². The summed E-state index contributed by atoms with van der Waals surface area (Å²) in [7, 11) is 1.31. The monoisotopic (exact) mass is 255 g/mol. The number of rotatable bonds is 7. The van der Waals surface area contributed by atoms with E-state index in [1.165, 1.54) is 7.11 Å². The minimum absolute atomic E-state index is 0.170. The van der Waals surface area contributed by atoms with Crippen molar-refractivity contribution in [1.29, 1.82) is 0 Å². The fourth-order valence-corrected chi connectivity index (χ4v) is 1.62. The first-order valence-electron chi connectivity index (χ1n) is 6.10. The maximum atomic E-state index is 11.4. The van der Waals surface area contributed by atoms with Crippen molar-refractivity contribution in [2.45, 2.75) is 33.2 Å². The van der Waals surface area contributed by atoms with Crippen molar-refractivity contribution < 1.29 is 14.3 Å². The fraction of sp³-hybridized carbons (Fsp3) is 0.667. The van der Waals surface area contributed by atoms with E-state index in [1.807, 2.05) is 0 Å². The molecule has 0 saturated heterocycles. The standard InChI is InChI=1S/C12H21N3O3/c1-4-5-7-18-8-6-15-9(2)14-10(11(15)13)12(16)17-3/h4-8,13H2,1-3H3. The van der Waals surface area contributed by atoms with Gasteiger partial charge in [-0.15, -0.1) is 0 Å². The molecule has 102 valence electrons. The number of nitrogens with zero attached hydrogens (tertiary/aromatic N) is 2. The molecule has 1 aromatic rings. The molecule has 0 unspecified atom stereocenters. The van der Waals surface area contributed by atoms with E-state index in [2.05, 4.69) is 16.6 Å². The van der Waals surface area contributed by atoms with E-state index in [1.54, 1.807) is 11.5 Å². The average Bonchev–Trinajstić information content (AvgIpc) is 2.65. The zero-order valence-corrected chi connectivity index (χ0v) is 11.2. The Labute approximate surface area is 107 Å². The van der Waals surface area contributed by atoms with Crippen molar-refractivity contribution in [2.24, 2.45) is 0 Å². The maximum Gasteiger partial charge on any atom is 0.360 e. The van der Waals surface area contributed by atoms with E-state index in [0.717, 1.165) is 19.4 Å². The molecule has 6 heteroatoms. The number of carbonyl (C=O) groups excluding carboxylic acids is 1. The van der Waals surface area contributed by atoms with Crippen molar-refractivity contribution >= 4 is 11.8 Å². The molecule has 0 saturated carbocycles. The van der Waals surface area contributed by atoms with Gasteiger partial charge in [0.05, 0.1) is 13.7 Å². The van der Waals surface area contributed by atoms with Crippen LogP contribution in [0.15, 0.2) is 0 Å². The van der Waals surface area contributed by atoms with E-state index < -0.39 is 5.97 Å². The first-order valence-corrected chi connectivity index (χ1v) is 6.10. The molecule has 0 aromatic carbocycles. The van der Waals surface area contributed by atoms with Gasteiger partial charge in [0.15, 0.2) is 5.69 Å². The highest BCUT2D eigenvalue weighted by molar-refractivity contribution is 5.92. The number of carbonyl (C=O) groups is 1. The molecule has 0 bridgehead atoms. The largest absolute Gasteiger partial charge is 0.464 e. The van der Waals surface area contributed by atoms with Gasteiger partial charge in [-0.05, 0) is 13.3 Å². The first-order chi connectivity index (χ1) is 8.61. The second-order valence-corrected chi connectivity index (χ2v) is 4.00. The van der Waals surface area contributed by atoms with Crippen LogP contribution >= 0.6 is 0 Å². The van der Waals surface area contributed by atoms with Gasteiger partial charge < -0.3 is 19.8 Å². The molecule has 6 nitrogen and oxygen atoms in total. The van der Waals surface area contributed by atoms with E-state index in [0.29, 0.717) is 24.8 Å². The molecule has 1 heterocycles. The van der Waals surface area contributed by atoms with Crippen LogP contribution in [0.25, 0.3) is 0 Å². The molecule has 2 N–H and O–H groups in total. The number of nitrogen functional groups attached to an aromatic ring is 1. The topological polar surface area (TPSA) is 79.4 Å². The van der Waals surface area contributed by atoms with Crippen LogP contribution in [0.2, 0.25) is 0 Å². The van der Waals surface area contributed by atoms with Crippen LogP contribution in [0.4, 0.5) is 5.82 Å². The van der Waals surface area contributed by atoms with E-state index in [9.17, 15) is 4.79 Å². The molecule has 0 aliphatic carbocycles. The van der Waals surface area contributed by atoms with Gasteiger partial charge in [-0.1, -0.05) is 13.3 Å². The highest BCUT2D eigenvalue weighted by Gasteiger charge is 2.18. The summed E-state index contributed by atoms with van der Waals surface area (Å²) in [6.07, 6.45) is 2.16. The number of hydrogen-bond acceptors (Lipinski definition) is 5. The Morgan fingerprint density at radius 3 is 2.78 bits per heavy atom. The van der Waals surface area contributed by atoms with Crippen molar-refractivity contribution in [2.75, 3.05) is 26.1 Å². The summed E-state index contributed by atoms with van der Waals surface area (Å²) in [5, 5.41) is 0. The van der Waals surface area contributed by atoms with Crippen molar-refractivity contribution in [3.8, 4) is 0 Å². The number of ether oxygens (including phenoxy) is 2. The number of imidazole rings is 1. The molecule has 18 heavy (non-hydrogen) atoms. The van der Waals surface area contributed by atoms with Crippen LogP contribution in [-0.2, 0) is 16.0 Å². The van der Waals surface area contributed by atoms with Crippen molar-refractivity contribution in [3.63, 3.8) is 0 Å². The molecule has 1 aromatic heterocycles. The van der Waals surface area contributed by atoms with E-state index >= 15 is 0 Å². The molecule has 0 aliphatic rings. The third kappa shape index (κ3) is 3.46. The summed E-state index contributed by atoms with van der Waals surface area (Å²) < 4.78 is 11.8. The van der Waals surface area contributed by atoms with Crippen LogP contribution in [0.3, 0.4) is 0 Å². The normalized spacial score (nSPS) is 10.6. The molecule has 0 atom stereocenters. The van der Waals surface area contributed by atoms with Gasteiger partial charge in [0.1, 0.15) is 11.6 Å². The third-order valence-electron chi connectivity index (χ3n) is 2.68. The quantitative estimate of drug-likeness (QED) is 0.588. The Balaban J connectivity index is 2.60. The minimum Gasteiger partial charge on any atom is -0.464 e. The second kappa shape index (κ2) is 7.00. The second-order valence-electron chi connectivity index (χ2n) is 4.00. The predicted octanol–water partition coefficient (Wildman–Crippen LogP) is 1.38. The lowest BCUT2D eigenvalue weighted by Gasteiger charge is -2.08. The van der Waals surface area contributed by atoms with Crippen LogP contribution in [0.1, 0.15) is 36.1 Å². The summed E-state index contributed by atoms with van der Waals surface area (Å²) >= 11 is 0. The Kier molecular flexibility index (Phi) is 5.64. The average molecular weight is 255 g/mol. The lowest BCUT2D eigenvalue weighted by atomic mass is 10.4. The number of aromatic nitrogens is 2. The van der Waals surface area contributed by atoms with Gasteiger partial charge in [0, 0.05) is 13.2 Å². The summed E-state index contributed by atoms with van der Waals surface area (Å²) in [4.78, 5) is 15.5. The van der Waals surface area contributed by atoms with E-state index in [-0.39, 0.29) is 5.69 Å². The Morgan fingerprint density at radius 2 is 2.17 bits per heavy atom. The zero-order chi connectivity index (χ0) is 13.5. The molecule has 0 radical (unpaired) electrons. The smallest absolute Gasteiger partial charge is 0.360 e.